The zero-order valence-corrected chi connectivity index (χ0v) is 22.0. The Labute approximate surface area is 225 Å². The van der Waals surface area contributed by atoms with Crippen LogP contribution in [0.2, 0.25) is 0 Å². The molecule has 2 aromatic carbocycles. The van der Waals surface area contributed by atoms with Crippen LogP contribution in [0.3, 0.4) is 0 Å². The van der Waals surface area contributed by atoms with E-state index in [1.807, 2.05) is 31.2 Å². The molecule has 0 aliphatic carbocycles. The number of amides is 1. The topological polar surface area (TPSA) is 96.1 Å². The first-order valence-corrected chi connectivity index (χ1v) is 12.9. The summed E-state index contributed by atoms with van der Waals surface area (Å²) >= 11 is 0. The van der Waals surface area contributed by atoms with Gasteiger partial charge in [-0.1, -0.05) is 18.2 Å². The van der Waals surface area contributed by atoms with Gasteiger partial charge in [-0.2, -0.15) is 0 Å². The van der Waals surface area contributed by atoms with E-state index in [2.05, 4.69) is 10.3 Å². The van der Waals surface area contributed by atoms with E-state index in [0.717, 1.165) is 22.2 Å². The summed E-state index contributed by atoms with van der Waals surface area (Å²) in [4.78, 5) is 16.8. The van der Waals surface area contributed by atoms with Crippen molar-refractivity contribution in [2.24, 2.45) is 0 Å². The van der Waals surface area contributed by atoms with Crippen molar-refractivity contribution in [2.45, 2.75) is 37.8 Å². The van der Waals surface area contributed by atoms with Crippen LogP contribution in [0.15, 0.2) is 42.5 Å². The van der Waals surface area contributed by atoms with Gasteiger partial charge < -0.3 is 29.6 Å². The number of aliphatic hydroxyl groups excluding tert-OH is 1. The van der Waals surface area contributed by atoms with Crippen LogP contribution in [0.5, 0.6) is 11.5 Å². The number of nitrogens with one attached hydrogen (secondary N) is 2. The van der Waals surface area contributed by atoms with Crippen molar-refractivity contribution in [3.63, 3.8) is 0 Å². The molecule has 1 amide bonds. The quantitative estimate of drug-likeness (QED) is 0.286. The number of H-pyrrole nitrogens is 1. The minimum atomic E-state index is -3.31. The number of alkyl carbamates (subject to hydrolysis) is 1. The van der Waals surface area contributed by atoms with Gasteiger partial charge in [0.25, 0.3) is 5.92 Å². The van der Waals surface area contributed by atoms with E-state index in [4.69, 9.17) is 14.2 Å². The van der Waals surface area contributed by atoms with Gasteiger partial charge in [0, 0.05) is 34.7 Å². The minimum Gasteiger partial charge on any atom is -0.496 e. The number of halogens is 3. The molecule has 11 heteroatoms. The number of rotatable bonds is 12. The lowest BCUT2D eigenvalue weighted by Crippen LogP contribution is -2.49. The van der Waals surface area contributed by atoms with Crippen LogP contribution in [-0.4, -0.2) is 79.7 Å². The number of hydrogen-bond donors (Lipinski definition) is 3. The summed E-state index contributed by atoms with van der Waals surface area (Å²) in [5.74, 6) is -2.37. The minimum absolute atomic E-state index is 0.0374. The van der Waals surface area contributed by atoms with Crippen LogP contribution in [0.1, 0.15) is 36.2 Å². The van der Waals surface area contributed by atoms with Gasteiger partial charge in [0.2, 0.25) is 0 Å². The molecule has 212 valence electrons. The Morgan fingerprint density at radius 2 is 2.03 bits per heavy atom. The van der Waals surface area contributed by atoms with Crippen LogP contribution in [-0.2, 0) is 11.2 Å². The Bertz CT molecular complexity index is 1270. The van der Waals surface area contributed by atoms with Crippen LogP contribution in [0.4, 0.5) is 18.0 Å². The number of aromatic nitrogens is 1. The number of methoxy groups -OCH3 is 1. The second-order valence-electron chi connectivity index (χ2n) is 9.56. The smallest absolute Gasteiger partial charge is 0.407 e. The predicted octanol–water partition coefficient (Wildman–Crippen LogP) is 4.60. The molecule has 1 aliphatic heterocycles. The van der Waals surface area contributed by atoms with Gasteiger partial charge in [0.1, 0.15) is 31.3 Å². The van der Waals surface area contributed by atoms with Crippen LogP contribution in [0.25, 0.3) is 10.9 Å². The maximum atomic E-state index is 14.6. The molecule has 0 saturated heterocycles. The average molecular weight is 550 g/mol. The third-order valence-corrected chi connectivity index (χ3v) is 6.82. The Balaban J connectivity index is 1.64. The van der Waals surface area contributed by atoms with E-state index < -0.39 is 37.9 Å². The van der Waals surface area contributed by atoms with E-state index >= 15 is 0 Å². The highest BCUT2D eigenvalue weighted by molar-refractivity contribution is 5.85. The molecule has 0 spiro atoms. The fourth-order valence-corrected chi connectivity index (χ4v) is 5.02. The van der Waals surface area contributed by atoms with E-state index in [1.54, 1.807) is 23.1 Å². The van der Waals surface area contributed by atoms with Crippen molar-refractivity contribution < 1.29 is 37.3 Å². The predicted molar refractivity (Wildman–Crippen MR) is 140 cm³/mol. The van der Waals surface area contributed by atoms with E-state index in [-0.39, 0.29) is 32.2 Å². The molecular formula is C28H34F3N3O5. The van der Waals surface area contributed by atoms with Crippen molar-refractivity contribution in [2.75, 3.05) is 46.7 Å². The normalized spacial score (nSPS) is 17.6. The zero-order valence-electron chi connectivity index (χ0n) is 22.0. The number of carbonyl (C=O) groups is 1. The highest BCUT2D eigenvalue weighted by Gasteiger charge is 2.42. The Morgan fingerprint density at radius 1 is 1.23 bits per heavy atom. The summed E-state index contributed by atoms with van der Waals surface area (Å²) in [7, 11) is 1.51. The third kappa shape index (κ3) is 6.59. The molecular weight excluding hydrogens is 515 g/mol. The summed E-state index contributed by atoms with van der Waals surface area (Å²) in [5, 5.41) is 12.8. The van der Waals surface area contributed by atoms with Crippen molar-refractivity contribution in [3.05, 3.63) is 59.3 Å². The first kappa shape index (κ1) is 28.6. The van der Waals surface area contributed by atoms with Crippen molar-refractivity contribution >= 4 is 17.0 Å². The van der Waals surface area contributed by atoms with Crippen molar-refractivity contribution in [1.82, 2.24) is 15.2 Å². The number of para-hydroxylation sites is 1. The summed E-state index contributed by atoms with van der Waals surface area (Å²) in [5.41, 5.74) is 3.36. The van der Waals surface area contributed by atoms with E-state index in [1.165, 1.54) is 7.11 Å². The Hall–Kier alpha value is -3.44. The molecule has 1 aliphatic rings. The molecule has 39 heavy (non-hydrogen) atoms. The maximum Gasteiger partial charge on any atom is 0.407 e. The van der Waals surface area contributed by atoms with Crippen LogP contribution >= 0.6 is 0 Å². The van der Waals surface area contributed by atoms with E-state index in [0.29, 0.717) is 23.5 Å². The molecule has 0 fully saturated rings. The Kier molecular flexibility index (Phi) is 9.24. The standard InChI is InChI=1S/C28H34F3N3O5/c1-18-14-21-20-6-3-4-7-23(20)33-25(21)26(34(18)16-28(30,31)17-35)22-15-19(8-9-24(22)37-2)38-12-13-39-27(36)32-11-5-10-29/h3-4,6-9,15,18,26,33,35H,5,10-14,16-17H2,1-2H3,(H,32,36)/t18-,26-/m1/s1. The first-order chi connectivity index (χ1) is 18.8. The molecule has 2 atom stereocenters. The summed E-state index contributed by atoms with van der Waals surface area (Å²) in [6, 6.07) is 12.1. The monoisotopic (exact) mass is 549 g/mol. The lowest BCUT2D eigenvalue weighted by atomic mass is 9.87. The summed E-state index contributed by atoms with van der Waals surface area (Å²) in [6.45, 7) is -0.350. The number of benzene rings is 2. The molecule has 3 N–H and O–H groups in total. The molecule has 0 radical (unpaired) electrons. The molecule has 2 heterocycles. The Morgan fingerprint density at radius 3 is 2.77 bits per heavy atom. The lowest BCUT2D eigenvalue weighted by molar-refractivity contribution is -0.0866. The van der Waals surface area contributed by atoms with Gasteiger partial charge in [-0.05, 0) is 49.6 Å². The van der Waals surface area contributed by atoms with Crippen LogP contribution in [0, 0.1) is 0 Å². The first-order valence-electron chi connectivity index (χ1n) is 12.9. The van der Waals surface area contributed by atoms with Gasteiger partial charge in [-0.3, -0.25) is 9.29 Å². The second kappa shape index (κ2) is 12.6. The van der Waals surface area contributed by atoms with Crippen molar-refractivity contribution in [3.8, 4) is 11.5 Å². The number of ether oxygens (including phenoxy) is 3. The number of carbonyl (C=O) groups excluding carboxylic acids is 1. The SMILES string of the molecule is COc1ccc(OCCOC(=O)NCCCF)cc1[C@@H]1c2[nH]c3ccccc3c2C[C@@H](C)N1CC(F)(F)CO. The molecule has 0 bridgehead atoms. The molecule has 8 nitrogen and oxygen atoms in total. The average Bonchev–Trinajstić information content (AvgIpc) is 3.29. The second-order valence-corrected chi connectivity index (χ2v) is 9.56. The number of hydrogen-bond acceptors (Lipinski definition) is 6. The zero-order chi connectivity index (χ0) is 28.0. The van der Waals surface area contributed by atoms with Gasteiger partial charge >= 0.3 is 6.09 Å². The largest absolute Gasteiger partial charge is 0.496 e. The van der Waals surface area contributed by atoms with Gasteiger partial charge in [-0.25, -0.2) is 13.6 Å². The molecule has 3 aromatic rings. The molecule has 0 saturated carbocycles. The van der Waals surface area contributed by atoms with E-state index in [9.17, 15) is 23.1 Å². The fraction of sp³-hybridized carbons (Fsp3) is 0.464. The lowest BCUT2D eigenvalue weighted by Gasteiger charge is -2.42. The summed E-state index contributed by atoms with van der Waals surface area (Å²) in [6.07, 6.45) is 0.102. The van der Waals surface area contributed by atoms with Gasteiger partial charge in [-0.15, -0.1) is 0 Å². The highest BCUT2D eigenvalue weighted by Crippen LogP contribution is 2.45. The number of aliphatic hydroxyl groups is 1. The van der Waals surface area contributed by atoms with Gasteiger partial charge in [0.15, 0.2) is 0 Å². The van der Waals surface area contributed by atoms with Crippen molar-refractivity contribution in [1.29, 1.82) is 0 Å². The molecule has 0 unspecified atom stereocenters. The van der Waals surface area contributed by atoms with Gasteiger partial charge in [0.05, 0.1) is 26.4 Å². The number of fused-ring (bicyclic) bond motifs is 3. The van der Waals surface area contributed by atoms with Crippen LogP contribution < -0.4 is 14.8 Å². The maximum absolute atomic E-state index is 14.6. The number of nitrogens with zero attached hydrogens (tertiary/aromatic N) is 1. The number of aromatic amines is 1. The number of alkyl halides is 3. The fourth-order valence-electron chi connectivity index (χ4n) is 5.02. The highest BCUT2D eigenvalue weighted by atomic mass is 19.3. The molecule has 1 aromatic heterocycles. The third-order valence-electron chi connectivity index (χ3n) is 6.82. The summed E-state index contributed by atoms with van der Waals surface area (Å²) < 4.78 is 57.8. The molecule has 4 rings (SSSR count).